The molecule has 30 heavy (non-hydrogen) atoms. The van der Waals surface area contributed by atoms with Gasteiger partial charge in [-0.15, -0.1) is 0 Å². The molecule has 0 N–H and O–H groups in total. The first-order valence-corrected chi connectivity index (χ1v) is 13.2. The van der Waals surface area contributed by atoms with Crippen LogP contribution < -0.4 is 113 Å². The summed E-state index contributed by atoms with van der Waals surface area (Å²) in [6.07, 6.45) is -0.190. The van der Waals surface area contributed by atoms with Gasteiger partial charge in [-0.05, 0) is 27.9 Å². The molecule has 0 aliphatic carbocycles. The van der Waals surface area contributed by atoms with Gasteiger partial charge in [0.15, 0.2) is 0 Å². The van der Waals surface area contributed by atoms with Gasteiger partial charge in [0.25, 0.3) is 0 Å². The molecule has 2 atom stereocenters. The third-order valence-electron chi connectivity index (χ3n) is 4.59. The SMILES string of the molecule is CCOP(=O)([O-])CN1CCN(C)CCN(CP(=O)([O-])OCC)CCN(C)CC1.[K+].[K+]. The van der Waals surface area contributed by atoms with Crippen LogP contribution in [-0.2, 0) is 18.2 Å². The Kier molecular flexibility index (Phi) is 22.1. The maximum absolute atomic E-state index is 12.0. The molecule has 1 aliphatic rings. The smallest absolute Gasteiger partial charge is 0.778 e. The number of hydrogen-bond acceptors (Lipinski definition) is 10. The van der Waals surface area contributed by atoms with Crippen LogP contribution >= 0.6 is 15.2 Å². The minimum absolute atomic E-state index is 0. The predicted octanol–water partition coefficient (Wildman–Crippen LogP) is -6.43. The number of nitrogens with zero attached hydrogens (tertiary/aromatic N) is 4. The second kappa shape index (κ2) is 18.6. The number of hydrogen-bond donors (Lipinski definition) is 0. The van der Waals surface area contributed by atoms with E-state index in [1.807, 2.05) is 23.9 Å². The molecule has 0 bridgehead atoms. The molecule has 2 unspecified atom stereocenters. The van der Waals surface area contributed by atoms with Crippen LogP contribution in [-0.4, -0.2) is 112 Å². The first kappa shape index (κ1) is 35.6. The van der Waals surface area contributed by atoms with E-state index < -0.39 is 15.2 Å². The summed E-state index contributed by atoms with van der Waals surface area (Å²) in [4.78, 5) is 32.0. The molecular weight excluding hydrogens is 484 g/mol. The van der Waals surface area contributed by atoms with Crippen LogP contribution in [0.3, 0.4) is 0 Å². The normalized spacial score (nSPS) is 23.1. The fourth-order valence-corrected chi connectivity index (χ4v) is 5.44. The third kappa shape index (κ3) is 16.9. The van der Waals surface area contributed by atoms with E-state index in [0.717, 1.165) is 0 Å². The monoisotopic (exact) mass is 520 g/mol. The van der Waals surface area contributed by atoms with Gasteiger partial charge < -0.3 is 37.8 Å². The fourth-order valence-electron chi connectivity index (χ4n) is 2.94. The van der Waals surface area contributed by atoms with Crippen molar-refractivity contribution in [1.82, 2.24) is 19.6 Å². The van der Waals surface area contributed by atoms with Crippen molar-refractivity contribution in [1.29, 1.82) is 0 Å². The van der Waals surface area contributed by atoms with Crippen molar-refractivity contribution in [2.45, 2.75) is 13.8 Å². The van der Waals surface area contributed by atoms with Crippen LogP contribution in [0.25, 0.3) is 0 Å². The zero-order chi connectivity index (χ0) is 21.2. The van der Waals surface area contributed by atoms with Gasteiger partial charge >= 0.3 is 103 Å². The summed E-state index contributed by atoms with van der Waals surface area (Å²) in [5.41, 5.74) is 0. The van der Waals surface area contributed by atoms with Crippen molar-refractivity contribution in [3.8, 4) is 0 Å². The number of rotatable bonds is 8. The molecule has 1 aliphatic heterocycles. The Labute approximate surface area is 267 Å². The molecule has 10 nitrogen and oxygen atoms in total. The number of likely N-dealkylation sites (N-methyl/N-ethyl adjacent to an activating group) is 2. The van der Waals surface area contributed by atoms with Crippen LogP contribution in [0.15, 0.2) is 0 Å². The molecule has 0 spiro atoms. The van der Waals surface area contributed by atoms with Gasteiger partial charge in [-0.1, -0.05) is 0 Å². The summed E-state index contributed by atoms with van der Waals surface area (Å²) in [5.74, 6) is 0. The Morgan fingerprint density at radius 3 is 1.17 bits per heavy atom. The Hall–Kier alpha value is 3.41. The molecule has 0 aromatic carbocycles. The summed E-state index contributed by atoms with van der Waals surface area (Å²) < 4.78 is 33.8. The van der Waals surface area contributed by atoms with Crippen LogP contribution in [0.4, 0.5) is 0 Å². The van der Waals surface area contributed by atoms with E-state index in [2.05, 4.69) is 9.80 Å². The van der Waals surface area contributed by atoms with E-state index in [9.17, 15) is 18.9 Å². The Bertz CT molecular complexity index is 490. The maximum atomic E-state index is 12.0. The first-order valence-electron chi connectivity index (χ1n) is 9.78. The molecule has 0 aromatic heterocycles. The molecule has 14 heteroatoms. The van der Waals surface area contributed by atoms with E-state index in [0.29, 0.717) is 52.4 Å². The van der Waals surface area contributed by atoms with Crippen molar-refractivity contribution in [2.24, 2.45) is 0 Å². The maximum Gasteiger partial charge on any atom is 1.00 e. The van der Waals surface area contributed by atoms with Crippen molar-refractivity contribution in [3.05, 3.63) is 0 Å². The molecule has 0 radical (unpaired) electrons. The van der Waals surface area contributed by atoms with E-state index >= 15 is 0 Å². The molecule has 168 valence electrons. The quantitative estimate of drug-likeness (QED) is 0.226. The Balaban J connectivity index is 0. The van der Waals surface area contributed by atoms with Crippen LogP contribution in [0, 0.1) is 0 Å². The standard InChI is InChI=1S/C16H38N4O6P2.2K/c1-5-25-27(21,22)15-19-11-7-17(3)9-13-20(14-10-18(4)8-12-19)16-28(23,24)26-6-2;;/h5-16H2,1-4H3,(H,21,22)(H,23,24);;/q;2*+1/p-2. The molecule has 0 amide bonds. The second-order valence-corrected chi connectivity index (χ2v) is 10.7. The third-order valence-corrected chi connectivity index (χ3v) is 7.39. The molecule has 0 saturated carbocycles. The van der Waals surface area contributed by atoms with Crippen LogP contribution in [0.2, 0.25) is 0 Å². The minimum Gasteiger partial charge on any atom is -0.778 e. The minimum atomic E-state index is -3.87. The van der Waals surface area contributed by atoms with Crippen LogP contribution in [0.1, 0.15) is 13.8 Å². The summed E-state index contributed by atoms with van der Waals surface area (Å²) >= 11 is 0. The summed E-state index contributed by atoms with van der Waals surface area (Å²) in [5, 5.41) is 0. The van der Waals surface area contributed by atoms with Crippen molar-refractivity contribution < 1.29 is 131 Å². The van der Waals surface area contributed by atoms with Gasteiger partial charge in [0.2, 0.25) is 0 Å². The second-order valence-electron chi connectivity index (χ2n) is 7.18. The van der Waals surface area contributed by atoms with Gasteiger partial charge in [-0.2, -0.15) is 0 Å². The topological polar surface area (TPSA) is 112 Å². The van der Waals surface area contributed by atoms with E-state index in [1.54, 1.807) is 13.8 Å². The van der Waals surface area contributed by atoms with Crippen molar-refractivity contribution >= 4 is 15.2 Å². The van der Waals surface area contributed by atoms with Gasteiger partial charge in [0.1, 0.15) is 15.2 Å². The van der Waals surface area contributed by atoms with Gasteiger partial charge in [-0.25, -0.2) is 0 Å². The van der Waals surface area contributed by atoms with Crippen molar-refractivity contribution in [3.63, 3.8) is 0 Å². The van der Waals surface area contributed by atoms with E-state index in [4.69, 9.17) is 9.05 Å². The van der Waals surface area contributed by atoms with Crippen LogP contribution in [0.5, 0.6) is 0 Å². The molecule has 0 aromatic rings. The Morgan fingerprint density at radius 1 is 0.667 bits per heavy atom. The summed E-state index contributed by atoms with van der Waals surface area (Å²) in [6, 6.07) is 0. The van der Waals surface area contributed by atoms with Gasteiger partial charge in [0.05, 0.1) is 25.8 Å². The van der Waals surface area contributed by atoms with E-state index in [-0.39, 0.29) is 129 Å². The molecular formula is C16H36K2N4O6P2. The largest absolute Gasteiger partial charge is 1.00 e. The molecule has 1 fully saturated rings. The van der Waals surface area contributed by atoms with E-state index in [1.165, 1.54) is 0 Å². The van der Waals surface area contributed by atoms with Gasteiger partial charge in [0, 0.05) is 52.4 Å². The summed E-state index contributed by atoms with van der Waals surface area (Å²) in [6.45, 7) is 8.77. The average Bonchev–Trinajstić information content (AvgIpc) is 2.58. The molecule has 1 heterocycles. The summed E-state index contributed by atoms with van der Waals surface area (Å²) in [7, 11) is -3.83. The molecule has 1 saturated heterocycles. The zero-order valence-electron chi connectivity index (χ0n) is 19.6. The van der Waals surface area contributed by atoms with Crippen molar-refractivity contribution in [2.75, 3.05) is 92.2 Å². The zero-order valence-corrected chi connectivity index (χ0v) is 27.7. The first-order chi connectivity index (χ1) is 13.1. The molecule has 1 rings (SSSR count). The predicted molar refractivity (Wildman–Crippen MR) is 106 cm³/mol. The Morgan fingerprint density at radius 2 is 0.933 bits per heavy atom. The average molecular weight is 521 g/mol. The van der Waals surface area contributed by atoms with Gasteiger partial charge in [-0.3, -0.25) is 9.80 Å². The fraction of sp³-hybridized carbons (Fsp3) is 1.00.